The van der Waals surface area contributed by atoms with Gasteiger partial charge in [0.1, 0.15) is 13.2 Å². The first-order chi connectivity index (χ1) is 16.9. The summed E-state index contributed by atoms with van der Waals surface area (Å²) in [5.41, 5.74) is 2.89. The van der Waals surface area contributed by atoms with Crippen LogP contribution in [0.4, 0.5) is 17.6 Å². The summed E-state index contributed by atoms with van der Waals surface area (Å²) < 4.78 is 68.6. The second-order valence-electron chi connectivity index (χ2n) is 7.93. The predicted molar refractivity (Wildman–Crippen MR) is 128 cm³/mol. The van der Waals surface area contributed by atoms with Crippen molar-refractivity contribution in [3.05, 3.63) is 120 Å². The number of hydrogen-bond donors (Lipinski definition) is 0. The molecule has 0 saturated carbocycles. The molecule has 0 aliphatic rings. The minimum atomic E-state index is -1.08. The van der Waals surface area contributed by atoms with Gasteiger partial charge in [-0.3, -0.25) is 0 Å². The molecule has 178 valence electrons. The van der Waals surface area contributed by atoms with Gasteiger partial charge >= 0.3 is 0 Å². The van der Waals surface area contributed by atoms with E-state index in [-0.39, 0.29) is 35.8 Å². The number of halogens is 4. The van der Waals surface area contributed by atoms with Crippen molar-refractivity contribution in [2.45, 2.75) is 13.5 Å². The largest absolute Gasteiger partial charge is 0.486 e. The third-order valence-corrected chi connectivity index (χ3v) is 5.47. The molecule has 35 heavy (non-hydrogen) atoms. The molecule has 0 aliphatic carbocycles. The number of rotatable bonds is 8. The molecule has 0 aromatic heterocycles. The minimum absolute atomic E-state index is 0.0360. The molecular weight excluding hydrogens is 456 g/mol. The van der Waals surface area contributed by atoms with Gasteiger partial charge in [0, 0.05) is 11.1 Å². The van der Waals surface area contributed by atoms with E-state index in [2.05, 4.69) is 6.58 Å². The Morgan fingerprint density at radius 2 is 1.11 bits per heavy atom. The van der Waals surface area contributed by atoms with Gasteiger partial charge in [0.15, 0.2) is 23.1 Å². The zero-order chi connectivity index (χ0) is 24.9. The van der Waals surface area contributed by atoms with Crippen molar-refractivity contribution in [1.29, 1.82) is 0 Å². The van der Waals surface area contributed by atoms with Gasteiger partial charge in [-0.15, -0.1) is 0 Å². The van der Waals surface area contributed by atoms with Crippen LogP contribution in [0.25, 0.3) is 22.3 Å². The van der Waals surface area contributed by atoms with Crippen molar-refractivity contribution in [2.75, 3.05) is 6.61 Å². The first-order valence-electron chi connectivity index (χ1n) is 10.9. The lowest BCUT2D eigenvalue weighted by Gasteiger charge is -2.12. The summed E-state index contributed by atoms with van der Waals surface area (Å²) >= 11 is 0. The molecule has 0 N–H and O–H groups in total. The van der Waals surface area contributed by atoms with Crippen LogP contribution in [-0.4, -0.2) is 6.61 Å². The van der Waals surface area contributed by atoms with E-state index in [0.717, 1.165) is 5.56 Å². The van der Waals surface area contributed by atoms with Gasteiger partial charge in [0.2, 0.25) is 11.6 Å². The van der Waals surface area contributed by atoms with Crippen molar-refractivity contribution in [2.24, 2.45) is 0 Å². The Hall–Kier alpha value is -4.06. The van der Waals surface area contributed by atoms with Crippen LogP contribution in [0, 0.1) is 30.2 Å². The molecule has 0 unspecified atom stereocenters. The fourth-order valence-corrected chi connectivity index (χ4v) is 3.56. The molecule has 0 heterocycles. The molecule has 4 aromatic carbocycles. The lowest BCUT2D eigenvalue weighted by Crippen LogP contribution is -2.01. The van der Waals surface area contributed by atoms with Crippen molar-refractivity contribution in [3.8, 4) is 33.8 Å². The second kappa shape index (κ2) is 10.5. The summed E-state index contributed by atoms with van der Waals surface area (Å²) in [6.07, 6.45) is 1.44. The maximum atomic E-state index is 14.6. The fraction of sp³-hybridized carbons (Fsp3) is 0.103. The zero-order valence-corrected chi connectivity index (χ0v) is 19.0. The number of aryl methyl sites for hydroxylation is 1. The Bertz CT molecular complexity index is 1350. The molecule has 0 atom stereocenters. The van der Waals surface area contributed by atoms with Crippen LogP contribution in [-0.2, 0) is 6.61 Å². The Kier molecular flexibility index (Phi) is 7.20. The third kappa shape index (κ3) is 5.22. The highest BCUT2D eigenvalue weighted by Gasteiger charge is 2.17. The highest BCUT2D eigenvalue weighted by atomic mass is 19.2. The van der Waals surface area contributed by atoms with E-state index in [1.54, 1.807) is 36.4 Å². The average molecular weight is 478 g/mol. The molecular formula is C29H22F4O2. The highest BCUT2D eigenvalue weighted by Crippen LogP contribution is 2.32. The van der Waals surface area contributed by atoms with E-state index < -0.39 is 23.3 Å². The Morgan fingerprint density at radius 1 is 0.629 bits per heavy atom. The summed E-state index contributed by atoms with van der Waals surface area (Å²) in [5.74, 6) is -4.58. The molecule has 4 rings (SSSR count). The summed E-state index contributed by atoms with van der Waals surface area (Å²) in [7, 11) is 0. The van der Waals surface area contributed by atoms with Crippen molar-refractivity contribution >= 4 is 0 Å². The first kappa shape index (κ1) is 24.1. The third-order valence-electron chi connectivity index (χ3n) is 5.47. The normalized spacial score (nSPS) is 10.8. The maximum absolute atomic E-state index is 14.6. The molecule has 0 aliphatic heterocycles. The van der Waals surface area contributed by atoms with Crippen LogP contribution in [0.15, 0.2) is 85.5 Å². The molecule has 6 heteroatoms. The molecule has 0 radical (unpaired) electrons. The highest BCUT2D eigenvalue weighted by molar-refractivity contribution is 5.66. The number of ether oxygens (including phenoxy) is 2. The summed E-state index contributed by atoms with van der Waals surface area (Å²) in [5, 5.41) is 0. The Labute approximate surface area is 201 Å². The van der Waals surface area contributed by atoms with Gasteiger partial charge in [0.05, 0.1) is 0 Å². The standard InChI is InChI=1S/C29H22F4O2/c1-3-16-34-24-14-12-23(26(30)28(24)32)21-10-6-19(7-11-21)17-35-25-15-13-22(27(31)29(25)33)20-8-4-18(2)5-9-20/h3-15H,1,16-17H2,2H3. The van der Waals surface area contributed by atoms with Crippen molar-refractivity contribution in [3.63, 3.8) is 0 Å². The van der Waals surface area contributed by atoms with E-state index in [0.29, 0.717) is 16.7 Å². The van der Waals surface area contributed by atoms with Crippen LogP contribution >= 0.6 is 0 Å². The van der Waals surface area contributed by atoms with Gasteiger partial charge in [-0.2, -0.15) is 8.78 Å². The molecule has 2 nitrogen and oxygen atoms in total. The SMILES string of the molecule is C=CCOc1ccc(-c2ccc(COc3ccc(-c4ccc(C)cc4)c(F)c3F)cc2)c(F)c1F. The Morgan fingerprint density at radius 3 is 1.63 bits per heavy atom. The molecule has 0 spiro atoms. The van der Waals surface area contributed by atoms with Crippen LogP contribution in [0.5, 0.6) is 11.5 Å². The van der Waals surface area contributed by atoms with Gasteiger partial charge < -0.3 is 9.47 Å². The molecule has 0 amide bonds. The summed E-state index contributed by atoms with van der Waals surface area (Å²) in [6, 6.07) is 19.2. The molecule has 0 saturated heterocycles. The zero-order valence-electron chi connectivity index (χ0n) is 19.0. The monoisotopic (exact) mass is 478 g/mol. The van der Waals surface area contributed by atoms with Gasteiger partial charge in [0.25, 0.3) is 0 Å². The van der Waals surface area contributed by atoms with Crippen LogP contribution in [0.1, 0.15) is 11.1 Å². The average Bonchev–Trinajstić information content (AvgIpc) is 2.87. The molecule has 0 bridgehead atoms. The molecule has 4 aromatic rings. The van der Waals surface area contributed by atoms with E-state index in [1.807, 2.05) is 19.1 Å². The minimum Gasteiger partial charge on any atom is -0.486 e. The lowest BCUT2D eigenvalue weighted by atomic mass is 10.0. The van der Waals surface area contributed by atoms with Crippen LogP contribution in [0.2, 0.25) is 0 Å². The first-order valence-corrected chi connectivity index (χ1v) is 10.9. The lowest BCUT2D eigenvalue weighted by molar-refractivity contribution is 0.285. The van der Waals surface area contributed by atoms with Gasteiger partial charge in [-0.05, 0) is 47.9 Å². The van der Waals surface area contributed by atoms with E-state index in [9.17, 15) is 17.6 Å². The van der Waals surface area contributed by atoms with Crippen molar-refractivity contribution < 1.29 is 27.0 Å². The van der Waals surface area contributed by atoms with Crippen LogP contribution < -0.4 is 9.47 Å². The summed E-state index contributed by atoms with van der Waals surface area (Å²) in [4.78, 5) is 0. The van der Waals surface area contributed by atoms with Crippen LogP contribution in [0.3, 0.4) is 0 Å². The van der Waals surface area contributed by atoms with E-state index >= 15 is 0 Å². The maximum Gasteiger partial charge on any atom is 0.201 e. The van der Waals surface area contributed by atoms with Gasteiger partial charge in [-0.25, -0.2) is 8.78 Å². The second-order valence-corrected chi connectivity index (χ2v) is 7.93. The predicted octanol–water partition coefficient (Wildman–Crippen LogP) is 8.03. The van der Waals surface area contributed by atoms with Gasteiger partial charge in [-0.1, -0.05) is 66.7 Å². The quantitative estimate of drug-likeness (QED) is 0.189. The molecule has 0 fully saturated rings. The van der Waals surface area contributed by atoms with E-state index in [1.165, 1.54) is 30.3 Å². The smallest absolute Gasteiger partial charge is 0.201 e. The summed E-state index contributed by atoms with van der Waals surface area (Å²) in [6.45, 7) is 5.41. The fourth-order valence-electron chi connectivity index (χ4n) is 3.56. The van der Waals surface area contributed by atoms with Crippen molar-refractivity contribution in [1.82, 2.24) is 0 Å². The topological polar surface area (TPSA) is 18.5 Å². The van der Waals surface area contributed by atoms with E-state index in [4.69, 9.17) is 9.47 Å². The number of benzene rings is 4. The number of hydrogen-bond acceptors (Lipinski definition) is 2. The Balaban J connectivity index is 1.47.